The van der Waals surface area contributed by atoms with Gasteiger partial charge in [-0.05, 0) is 24.5 Å². The average Bonchev–Trinajstić information content (AvgIpc) is 2.21. The largest absolute Gasteiger partial charge is 0.497 e. The molecule has 1 aromatic carbocycles. The topological polar surface area (TPSA) is 18.5 Å². The molecule has 0 saturated carbocycles. The third-order valence-electron chi connectivity index (χ3n) is 2.20. The maximum Gasteiger partial charge on any atom is 0.141 e. The molecule has 0 unspecified atom stereocenters. The predicted molar refractivity (Wildman–Crippen MR) is 63.3 cm³/mol. The third kappa shape index (κ3) is 2.78. The molecule has 0 spiro atoms. The van der Waals surface area contributed by atoms with Crippen LogP contribution in [0.5, 0.6) is 11.5 Å². The van der Waals surface area contributed by atoms with Gasteiger partial charge in [0.25, 0.3) is 0 Å². The average molecular weight is 229 g/mol. The van der Waals surface area contributed by atoms with E-state index >= 15 is 0 Å². The van der Waals surface area contributed by atoms with Crippen molar-refractivity contribution in [2.45, 2.75) is 26.7 Å². The van der Waals surface area contributed by atoms with Crippen molar-refractivity contribution >= 4 is 11.6 Å². The molecule has 0 heterocycles. The molecule has 2 nitrogen and oxygen atoms in total. The minimum atomic E-state index is 0.354. The summed E-state index contributed by atoms with van der Waals surface area (Å²) >= 11 is 6.23. The van der Waals surface area contributed by atoms with E-state index in [0.29, 0.717) is 23.3 Å². The minimum Gasteiger partial charge on any atom is -0.497 e. The van der Waals surface area contributed by atoms with E-state index in [1.165, 1.54) is 0 Å². The van der Waals surface area contributed by atoms with Crippen LogP contribution in [0.2, 0.25) is 5.02 Å². The lowest BCUT2D eigenvalue weighted by atomic mass is 10.0. The van der Waals surface area contributed by atoms with Gasteiger partial charge in [0.2, 0.25) is 0 Å². The maximum atomic E-state index is 6.23. The first-order chi connectivity index (χ1) is 7.10. The summed E-state index contributed by atoms with van der Waals surface area (Å²) in [6.45, 7) is 6.72. The Labute approximate surface area is 96.2 Å². The van der Waals surface area contributed by atoms with E-state index < -0.39 is 0 Å². The van der Waals surface area contributed by atoms with E-state index in [1.807, 2.05) is 19.1 Å². The highest BCUT2D eigenvalue weighted by Gasteiger charge is 2.13. The molecule has 1 aromatic rings. The highest BCUT2D eigenvalue weighted by molar-refractivity contribution is 6.33. The van der Waals surface area contributed by atoms with Crippen molar-refractivity contribution in [2.24, 2.45) is 0 Å². The summed E-state index contributed by atoms with van der Waals surface area (Å²) in [6, 6.07) is 3.77. The van der Waals surface area contributed by atoms with Crippen LogP contribution in [-0.4, -0.2) is 13.7 Å². The second kappa shape index (κ2) is 5.26. The van der Waals surface area contributed by atoms with Crippen molar-refractivity contribution in [2.75, 3.05) is 13.7 Å². The van der Waals surface area contributed by atoms with Crippen molar-refractivity contribution in [1.82, 2.24) is 0 Å². The molecule has 0 atom stereocenters. The van der Waals surface area contributed by atoms with Gasteiger partial charge in [-0.3, -0.25) is 0 Å². The monoisotopic (exact) mass is 228 g/mol. The molecule has 0 amide bonds. The fourth-order valence-corrected chi connectivity index (χ4v) is 1.77. The lowest BCUT2D eigenvalue weighted by molar-refractivity contribution is 0.335. The van der Waals surface area contributed by atoms with Gasteiger partial charge in [-0.2, -0.15) is 0 Å². The Morgan fingerprint density at radius 3 is 2.47 bits per heavy atom. The fourth-order valence-electron chi connectivity index (χ4n) is 1.39. The minimum absolute atomic E-state index is 0.354. The standard InChI is InChI=1S/C12H17ClO2/c1-5-15-11-7-9(14-4)6-10(8(2)3)12(11)13/h6-8H,5H2,1-4H3. The maximum absolute atomic E-state index is 6.23. The number of ether oxygens (including phenoxy) is 2. The molecular weight excluding hydrogens is 212 g/mol. The number of hydrogen-bond acceptors (Lipinski definition) is 2. The van der Waals surface area contributed by atoms with Crippen LogP contribution in [0.3, 0.4) is 0 Å². The van der Waals surface area contributed by atoms with E-state index in [0.717, 1.165) is 11.3 Å². The van der Waals surface area contributed by atoms with Crippen molar-refractivity contribution < 1.29 is 9.47 Å². The molecule has 15 heavy (non-hydrogen) atoms. The first kappa shape index (κ1) is 12.2. The summed E-state index contributed by atoms with van der Waals surface area (Å²) < 4.78 is 10.7. The van der Waals surface area contributed by atoms with Crippen LogP contribution in [0.15, 0.2) is 12.1 Å². The molecule has 0 bridgehead atoms. The number of benzene rings is 1. The SMILES string of the molecule is CCOc1cc(OC)cc(C(C)C)c1Cl. The van der Waals surface area contributed by atoms with Crippen LogP contribution in [0.4, 0.5) is 0 Å². The van der Waals surface area contributed by atoms with Crippen molar-refractivity contribution in [3.63, 3.8) is 0 Å². The summed E-state index contributed by atoms with van der Waals surface area (Å²) in [6.07, 6.45) is 0. The van der Waals surface area contributed by atoms with Crippen LogP contribution in [-0.2, 0) is 0 Å². The third-order valence-corrected chi connectivity index (χ3v) is 2.60. The Bertz CT molecular complexity index is 335. The van der Waals surface area contributed by atoms with Crippen LogP contribution in [0.1, 0.15) is 32.3 Å². The van der Waals surface area contributed by atoms with Gasteiger partial charge in [0.15, 0.2) is 0 Å². The second-order valence-electron chi connectivity index (χ2n) is 3.62. The number of hydrogen-bond donors (Lipinski definition) is 0. The lowest BCUT2D eigenvalue weighted by Gasteiger charge is -2.14. The smallest absolute Gasteiger partial charge is 0.141 e. The quantitative estimate of drug-likeness (QED) is 0.779. The zero-order valence-corrected chi connectivity index (χ0v) is 10.4. The van der Waals surface area contributed by atoms with E-state index in [9.17, 15) is 0 Å². The molecule has 0 N–H and O–H groups in total. The summed E-state index contributed by atoms with van der Waals surface area (Å²) in [7, 11) is 1.64. The zero-order valence-electron chi connectivity index (χ0n) is 9.63. The van der Waals surface area contributed by atoms with E-state index in [4.69, 9.17) is 21.1 Å². The number of rotatable bonds is 4. The number of methoxy groups -OCH3 is 1. The van der Waals surface area contributed by atoms with Crippen LogP contribution in [0.25, 0.3) is 0 Å². The fraction of sp³-hybridized carbons (Fsp3) is 0.500. The molecule has 0 radical (unpaired) electrons. The normalized spacial score (nSPS) is 10.5. The molecule has 3 heteroatoms. The lowest BCUT2D eigenvalue weighted by Crippen LogP contribution is -1.98. The summed E-state index contributed by atoms with van der Waals surface area (Å²) in [5, 5.41) is 0.688. The molecule has 0 aliphatic heterocycles. The highest BCUT2D eigenvalue weighted by Crippen LogP contribution is 2.36. The van der Waals surface area contributed by atoms with Crippen LogP contribution >= 0.6 is 11.6 Å². The molecule has 0 aliphatic rings. The van der Waals surface area contributed by atoms with E-state index in [1.54, 1.807) is 7.11 Å². The van der Waals surface area contributed by atoms with Crippen molar-refractivity contribution in [3.05, 3.63) is 22.7 Å². The van der Waals surface area contributed by atoms with Gasteiger partial charge in [0, 0.05) is 6.07 Å². The summed E-state index contributed by atoms with van der Waals surface area (Å²) in [5.74, 6) is 1.83. The molecule has 0 aromatic heterocycles. The molecule has 0 saturated heterocycles. The number of halogens is 1. The van der Waals surface area contributed by atoms with E-state index in [2.05, 4.69) is 13.8 Å². The van der Waals surface area contributed by atoms with Crippen molar-refractivity contribution in [3.8, 4) is 11.5 Å². The molecule has 0 aliphatic carbocycles. The molecule has 1 rings (SSSR count). The molecular formula is C12H17ClO2. The predicted octanol–water partition coefficient (Wildman–Crippen LogP) is 3.87. The van der Waals surface area contributed by atoms with Crippen LogP contribution in [0, 0.1) is 0 Å². The summed E-state index contributed by atoms with van der Waals surface area (Å²) in [4.78, 5) is 0. The Kier molecular flexibility index (Phi) is 4.28. The van der Waals surface area contributed by atoms with Crippen molar-refractivity contribution in [1.29, 1.82) is 0 Å². The summed E-state index contributed by atoms with van der Waals surface area (Å²) in [5.41, 5.74) is 1.06. The second-order valence-corrected chi connectivity index (χ2v) is 3.99. The zero-order chi connectivity index (χ0) is 11.4. The molecule has 0 fully saturated rings. The molecule has 84 valence electrons. The van der Waals surface area contributed by atoms with Gasteiger partial charge >= 0.3 is 0 Å². The Morgan fingerprint density at radius 2 is 2.00 bits per heavy atom. The Morgan fingerprint density at radius 1 is 1.33 bits per heavy atom. The van der Waals surface area contributed by atoms with Gasteiger partial charge in [-0.15, -0.1) is 0 Å². The van der Waals surface area contributed by atoms with Gasteiger partial charge in [0.1, 0.15) is 11.5 Å². The van der Waals surface area contributed by atoms with Gasteiger partial charge in [-0.1, -0.05) is 25.4 Å². The Hall–Kier alpha value is -0.890. The van der Waals surface area contributed by atoms with Gasteiger partial charge in [0.05, 0.1) is 18.7 Å². The van der Waals surface area contributed by atoms with Gasteiger partial charge in [-0.25, -0.2) is 0 Å². The first-order valence-electron chi connectivity index (χ1n) is 5.10. The highest BCUT2D eigenvalue weighted by atomic mass is 35.5. The first-order valence-corrected chi connectivity index (χ1v) is 5.48. The Balaban J connectivity index is 3.20. The van der Waals surface area contributed by atoms with Crippen LogP contribution < -0.4 is 9.47 Å². The van der Waals surface area contributed by atoms with E-state index in [-0.39, 0.29) is 0 Å². The van der Waals surface area contributed by atoms with Gasteiger partial charge < -0.3 is 9.47 Å².